The molecule has 1 amide bonds. The van der Waals surface area contributed by atoms with Gasteiger partial charge in [0.25, 0.3) is 5.91 Å². The Morgan fingerprint density at radius 3 is 2.60 bits per heavy atom. The van der Waals surface area contributed by atoms with E-state index >= 15 is 0 Å². The van der Waals surface area contributed by atoms with Crippen molar-refractivity contribution in [3.8, 4) is 5.75 Å². The molecule has 156 valence electrons. The molecule has 0 aromatic heterocycles. The second kappa shape index (κ2) is 7.75. The molecule has 2 aliphatic rings. The number of fused-ring (bicyclic) bond motifs is 1. The summed E-state index contributed by atoms with van der Waals surface area (Å²) in [7, 11) is 3.81. The highest BCUT2D eigenvalue weighted by molar-refractivity contribution is 8.27. The van der Waals surface area contributed by atoms with Crippen molar-refractivity contribution < 1.29 is 9.53 Å². The molecule has 2 aliphatic heterocycles. The highest BCUT2D eigenvalue weighted by Gasteiger charge is 2.36. The van der Waals surface area contributed by atoms with Crippen LogP contribution in [0, 0.1) is 0 Å². The highest BCUT2D eigenvalue weighted by atomic mass is 32.2. The maximum Gasteiger partial charge on any atom is 0.270 e. The number of carbonyl (C=O) groups excluding carboxylic acids is 1. The van der Waals surface area contributed by atoms with Crippen molar-refractivity contribution in [2.24, 2.45) is 0 Å². The fourth-order valence-electron chi connectivity index (χ4n) is 4.31. The van der Waals surface area contributed by atoms with E-state index in [0.717, 1.165) is 23.4 Å². The van der Waals surface area contributed by atoms with E-state index in [1.165, 1.54) is 23.0 Å². The molecule has 0 spiro atoms. The number of thiocarbonyl (C=S) groups is 1. The van der Waals surface area contributed by atoms with Gasteiger partial charge in [0.1, 0.15) is 5.75 Å². The molecular formula is C24H26N2O2S2. The largest absolute Gasteiger partial charge is 0.496 e. The number of amides is 1. The van der Waals surface area contributed by atoms with Crippen LogP contribution in [-0.4, -0.2) is 29.9 Å². The summed E-state index contributed by atoms with van der Waals surface area (Å²) in [4.78, 5) is 17.6. The Kier molecular flexibility index (Phi) is 5.41. The third-order valence-corrected chi connectivity index (χ3v) is 7.38. The van der Waals surface area contributed by atoms with Gasteiger partial charge in [-0.3, -0.25) is 9.69 Å². The molecule has 0 aliphatic carbocycles. The van der Waals surface area contributed by atoms with Crippen molar-refractivity contribution in [3.63, 3.8) is 0 Å². The first kappa shape index (κ1) is 20.9. The van der Waals surface area contributed by atoms with Crippen LogP contribution in [0.1, 0.15) is 44.2 Å². The van der Waals surface area contributed by atoms with E-state index in [0.29, 0.717) is 15.1 Å². The summed E-state index contributed by atoms with van der Waals surface area (Å²) in [6, 6.07) is 13.8. The Morgan fingerprint density at radius 1 is 1.23 bits per heavy atom. The van der Waals surface area contributed by atoms with Crippen LogP contribution in [0.3, 0.4) is 0 Å². The number of hydrogen-bond acceptors (Lipinski definition) is 5. The SMILES string of the molecule is COc1cc2c(cc1/C=C1/SC(=S)N(c3ccccc3)C1=O)C(C)CC(C)(C)N2C. The maximum absolute atomic E-state index is 13.1. The number of carbonyl (C=O) groups is 1. The highest BCUT2D eigenvalue weighted by Crippen LogP contribution is 2.46. The lowest BCUT2D eigenvalue weighted by Gasteiger charge is -2.45. The number of hydrogen-bond donors (Lipinski definition) is 0. The van der Waals surface area contributed by atoms with Crippen LogP contribution in [0.5, 0.6) is 5.75 Å². The zero-order valence-electron chi connectivity index (χ0n) is 17.9. The van der Waals surface area contributed by atoms with Gasteiger partial charge < -0.3 is 9.64 Å². The Balaban J connectivity index is 1.75. The summed E-state index contributed by atoms with van der Waals surface area (Å²) in [5.74, 6) is 1.08. The van der Waals surface area contributed by atoms with Crippen LogP contribution in [0.25, 0.3) is 6.08 Å². The average Bonchev–Trinajstić information content (AvgIpc) is 2.99. The first-order valence-electron chi connectivity index (χ1n) is 10.0. The summed E-state index contributed by atoms with van der Waals surface area (Å²) in [5.41, 5.74) is 4.24. The minimum absolute atomic E-state index is 0.0804. The number of anilines is 2. The fraction of sp³-hybridized carbons (Fsp3) is 0.333. The predicted octanol–water partition coefficient (Wildman–Crippen LogP) is 5.82. The molecule has 0 saturated carbocycles. The summed E-state index contributed by atoms with van der Waals surface area (Å²) < 4.78 is 6.25. The van der Waals surface area contributed by atoms with Gasteiger partial charge in [-0.1, -0.05) is 49.1 Å². The summed E-state index contributed by atoms with van der Waals surface area (Å²) in [6.07, 6.45) is 2.98. The number of rotatable bonds is 3. The molecule has 1 unspecified atom stereocenters. The Hall–Kier alpha value is -2.31. The van der Waals surface area contributed by atoms with E-state index in [9.17, 15) is 4.79 Å². The number of ether oxygens (including phenoxy) is 1. The topological polar surface area (TPSA) is 32.8 Å². The van der Waals surface area contributed by atoms with Crippen molar-refractivity contribution in [2.75, 3.05) is 24.0 Å². The van der Waals surface area contributed by atoms with Crippen LogP contribution in [0.15, 0.2) is 47.4 Å². The van der Waals surface area contributed by atoms with Gasteiger partial charge in [-0.2, -0.15) is 0 Å². The second-order valence-electron chi connectivity index (χ2n) is 8.48. The molecular weight excluding hydrogens is 412 g/mol. The van der Waals surface area contributed by atoms with Gasteiger partial charge in [-0.25, -0.2) is 0 Å². The lowest BCUT2D eigenvalue weighted by molar-refractivity contribution is -0.113. The molecule has 30 heavy (non-hydrogen) atoms. The molecule has 0 radical (unpaired) electrons. The standard InChI is InChI=1S/C24H26N2O2S2/c1-15-14-24(2,3)25(4)19-13-20(28-5)16(11-18(15)19)12-21-22(27)26(23(29)30-21)17-9-7-6-8-10-17/h6-13,15H,14H2,1-5H3/b21-12+. The molecule has 4 nitrogen and oxygen atoms in total. The van der Waals surface area contributed by atoms with Crippen LogP contribution < -0.4 is 14.5 Å². The van der Waals surface area contributed by atoms with E-state index in [1.807, 2.05) is 36.4 Å². The average molecular weight is 439 g/mol. The van der Waals surface area contributed by atoms with Crippen molar-refractivity contribution >= 4 is 51.7 Å². The molecule has 2 aromatic rings. The molecule has 1 atom stereocenters. The lowest BCUT2D eigenvalue weighted by Crippen LogP contribution is -2.45. The molecule has 2 heterocycles. The molecule has 1 saturated heterocycles. The third-order valence-electron chi connectivity index (χ3n) is 6.08. The number of para-hydroxylation sites is 1. The second-order valence-corrected chi connectivity index (χ2v) is 10.2. The van der Waals surface area contributed by atoms with Gasteiger partial charge >= 0.3 is 0 Å². The van der Waals surface area contributed by atoms with Gasteiger partial charge in [0, 0.05) is 29.9 Å². The van der Waals surface area contributed by atoms with Crippen molar-refractivity contribution in [3.05, 3.63) is 58.5 Å². The third kappa shape index (κ3) is 3.52. The lowest BCUT2D eigenvalue weighted by atomic mass is 9.80. The van der Waals surface area contributed by atoms with E-state index in [1.54, 1.807) is 12.0 Å². The minimum atomic E-state index is -0.0951. The van der Waals surface area contributed by atoms with Gasteiger partial charge in [0.05, 0.1) is 17.7 Å². The summed E-state index contributed by atoms with van der Waals surface area (Å²) in [6.45, 7) is 6.79. The normalized spacial score (nSPS) is 21.9. The van der Waals surface area contributed by atoms with E-state index in [2.05, 4.69) is 44.9 Å². The smallest absolute Gasteiger partial charge is 0.270 e. The monoisotopic (exact) mass is 438 g/mol. The van der Waals surface area contributed by atoms with Crippen LogP contribution >= 0.6 is 24.0 Å². The van der Waals surface area contributed by atoms with Crippen molar-refractivity contribution in [1.29, 1.82) is 0 Å². The molecule has 6 heteroatoms. The Bertz CT molecular complexity index is 1050. The predicted molar refractivity (Wildman–Crippen MR) is 131 cm³/mol. The number of thioether (sulfide) groups is 1. The minimum Gasteiger partial charge on any atom is -0.496 e. The molecule has 1 fully saturated rings. The number of nitrogens with zero attached hydrogens (tertiary/aromatic N) is 2. The number of benzene rings is 2. The van der Waals surface area contributed by atoms with Crippen LogP contribution in [0.2, 0.25) is 0 Å². The fourth-order valence-corrected chi connectivity index (χ4v) is 5.60. The summed E-state index contributed by atoms with van der Waals surface area (Å²) in [5, 5.41) is 0. The zero-order valence-corrected chi connectivity index (χ0v) is 19.6. The Labute approximate surface area is 187 Å². The zero-order chi connectivity index (χ0) is 21.6. The van der Waals surface area contributed by atoms with Crippen LogP contribution in [0.4, 0.5) is 11.4 Å². The summed E-state index contributed by atoms with van der Waals surface area (Å²) >= 11 is 6.83. The number of methoxy groups -OCH3 is 1. The van der Waals surface area contributed by atoms with Gasteiger partial charge in [-0.05, 0) is 56.0 Å². The van der Waals surface area contributed by atoms with Gasteiger partial charge in [0.2, 0.25) is 0 Å². The van der Waals surface area contributed by atoms with Gasteiger partial charge in [-0.15, -0.1) is 0 Å². The quantitative estimate of drug-likeness (QED) is 0.445. The van der Waals surface area contributed by atoms with Crippen molar-refractivity contribution in [2.45, 2.75) is 38.6 Å². The van der Waals surface area contributed by atoms with Gasteiger partial charge in [0.15, 0.2) is 4.32 Å². The molecule has 2 aromatic carbocycles. The van der Waals surface area contributed by atoms with E-state index < -0.39 is 0 Å². The maximum atomic E-state index is 13.1. The first-order chi connectivity index (χ1) is 14.2. The van der Waals surface area contributed by atoms with Crippen molar-refractivity contribution in [1.82, 2.24) is 0 Å². The molecule has 0 N–H and O–H groups in total. The van der Waals surface area contributed by atoms with E-state index in [-0.39, 0.29) is 11.4 Å². The first-order valence-corrected chi connectivity index (χ1v) is 11.2. The molecule has 0 bridgehead atoms. The van der Waals surface area contributed by atoms with E-state index in [4.69, 9.17) is 17.0 Å². The molecule has 4 rings (SSSR count). The Morgan fingerprint density at radius 2 is 1.93 bits per heavy atom. The van der Waals surface area contributed by atoms with Crippen LogP contribution in [-0.2, 0) is 4.79 Å².